The quantitative estimate of drug-likeness (QED) is 0.774. The summed E-state index contributed by atoms with van der Waals surface area (Å²) in [6, 6.07) is 6.06. The number of esters is 1. The molecule has 0 atom stereocenters. The minimum atomic E-state index is -0.330. The standard InChI is InChI=1S/C12H16O3/c1-3-11(4-2)15-12(14)9-5-7-10(13)8-6-9/h5-8,11,13H,3-4H2,1-2H3. The highest BCUT2D eigenvalue weighted by Crippen LogP contribution is 2.12. The van der Waals surface area contributed by atoms with Crippen LogP contribution in [0.5, 0.6) is 5.75 Å². The fraction of sp³-hybridized carbons (Fsp3) is 0.417. The van der Waals surface area contributed by atoms with Gasteiger partial charge in [0.05, 0.1) is 5.56 Å². The van der Waals surface area contributed by atoms with Crippen molar-refractivity contribution in [2.45, 2.75) is 32.8 Å². The number of benzene rings is 1. The molecule has 1 N–H and O–H groups in total. The van der Waals surface area contributed by atoms with Crippen molar-refractivity contribution in [3.05, 3.63) is 29.8 Å². The predicted molar refractivity (Wildman–Crippen MR) is 57.9 cm³/mol. The second kappa shape index (κ2) is 5.39. The number of hydrogen-bond donors (Lipinski definition) is 1. The Balaban J connectivity index is 2.64. The lowest BCUT2D eigenvalue weighted by Crippen LogP contribution is -2.16. The van der Waals surface area contributed by atoms with Crippen LogP contribution in [0.1, 0.15) is 37.0 Å². The molecule has 0 aromatic heterocycles. The molecule has 1 aromatic carbocycles. The number of ether oxygens (including phenoxy) is 1. The molecule has 0 saturated carbocycles. The molecule has 1 rings (SSSR count). The van der Waals surface area contributed by atoms with Crippen LogP contribution in [0.15, 0.2) is 24.3 Å². The van der Waals surface area contributed by atoms with Gasteiger partial charge in [-0.2, -0.15) is 0 Å². The van der Waals surface area contributed by atoms with Crippen molar-refractivity contribution in [3.63, 3.8) is 0 Å². The van der Waals surface area contributed by atoms with Crippen molar-refractivity contribution < 1.29 is 14.6 Å². The van der Waals surface area contributed by atoms with Gasteiger partial charge in [0.1, 0.15) is 11.9 Å². The number of phenolic OH excluding ortho intramolecular Hbond substituents is 1. The highest BCUT2D eigenvalue weighted by molar-refractivity contribution is 5.89. The summed E-state index contributed by atoms with van der Waals surface area (Å²) in [6.45, 7) is 3.97. The summed E-state index contributed by atoms with van der Waals surface area (Å²) in [5.74, 6) is -0.183. The Morgan fingerprint density at radius 1 is 1.27 bits per heavy atom. The van der Waals surface area contributed by atoms with Crippen molar-refractivity contribution in [1.29, 1.82) is 0 Å². The minimum Gasteiger partial charge on any atom is -0.508 e. The number of rotatable bonds is 4. The summed E-state index contributed by atoms with van der Waals surface area (Å²) in [6.07, 6.45) is 1.62. The van der Waals surface area contributed by atoms with Crippen LogP contribution in [-0.4, -0.2) is 17.2 Å². The average molecular weight is 208 g/mol. The summed E-state index contributed by atoms with van der Waals surface area (Å²) >= 11 is 0. The van der Waals surface area contributed by atoms with Crippen molar-refractivity contribution >= 4 is 5.97 Å². The van der Waals surface area contributed by atoms with E-state index in [1.165, 1.54) is 12.1 Å². The van der Waals surface area contributed by atoms with E-state index in [-0.39, 0.29) is 17.8 Å². The number of carbonyl (C=O) groups is 1. The van der Waals surface area contributed by atoms with Gasteiger partial charge in [-0.15, -0.1) is 0 Å². The van der Waals surface area contributed by atoms with Gasteiger partial charge in [-0.3, -0.25) is 0 Å². The lowest BCUT2D eigenvalue weighted by Gasteiger charge is -2.13. The molecule has 0 aliphatic rings. The molecule has 0 aliphatic carbocycles. The molecule has 1 aromatic rings. The molecule has 3 heteroatoms. The van der Waals surface area contributed by atoms with Gasteiger partial charge in [0.25, 0.3) is 0 Å². The minimum absolute atomic E-state index is 0.0219. The second-order valence-corrected chi connectivity index (χ2v) is 3.39. The third-order valence-corrected chi connectivity index (χ3v) is 2.29. The molecular formula is C12H16O3. The van der Waals surface area contributed by atoms with Crippen LogP contribution in [0.2, 0.25) is 0 Å². The highest BCUT2D eigenvalue weighted by Gasteiger charge is 2.12. The normalized spacial score (nSPS) is 10.3. The summed E-state index contributed by atoms with van der Waals surface area (Å²) < 4.78 is 5.25. The molecule has 15 heavy (non-hydrogen) atoms. The van der Waals surface area contributed by atoms with E-state index < -0.39 is 0 Å². The van der Waals surface area contributed by atoms with Crippen LogP contribution in [0, 0.1) is 0 Å². The first kappa shape index (κ1) is 11.6. The van der Waals surface area contributed by atoms with Gasteiger partial charge in [-0.25, -0.2) is 4.79 Å². The van der Waals surface area contributed by atoms with Crippen molar-refractivity contribution in [2.75, 3.05) is 0 Å². The van der Waals surface area contributed by atoms with Crippen molar-refractivity contribution in [3.8, 4) is 5.75 Å². The first-order valence-electron chi connectivity index (χ1n) is 5.17. The van der Waals surface area contributed by atoms with Crippen molar-refractivity contribution in [2.24, 2.45) is 0 Å². The topological polar surface area (TPSA) is 46.5 Å². The number of hydrogen-bond acceptors (Lipinski definition) is 3. The zero-order valence-electron chi connectivity index (χ0n) is 9.06. The van der Waals surface area contributed by atoms with Gasteiger partial charge in [-0.05, 0) is 37.1 Å². The first-order chi connectivity index (χ1) is 7.17. The van der Waals surface area contributed by atoms with Crippen LogP contribution in [-0.2, 0) is 4.74 Å². The zero-order chi connectivity index (χ0) is 11.3. The SMILES string of the molecule is CCC(CC)OC(=O)c1ccc(O)cc1. The molecule has 0 amide bonds. The summed E-state index contributed by atoms with van der Waals surface area (Å²) in [7, 11) is 0. The molecule has 3 nitrogen and oxygen atoms in total. The lowest BCUT2D eigenvalue weighted by atomic mass is 10.2. The third-order valence-electron chi connectivity index (χ3n) is 2.29. The monoisotopic (exact) mass is 208 g/mol. The first-order valence-corrected chi connectivity index (χ1v) is 5.17. The highest BCUT2D eigenvalue weighted by atomic mass is 16.5. The Kier molecular flexibility index (Phi) is 4.16. The molecule has 0 radical (unpaired) electrons. The van der Waals surface area contributed by atoms with Gasteiger partial charge in [0.2, 0.25) is 0 Å². The number of aromatic hydroxyl groups is 1. The van der Waals surface area contributed by atoms with E-state index in [1.807, 2.05) is 13.8 Å². The van der Waals surface area contributed by atoms with E-state index in [1.54, 1.807) is 12.1 Å². The Morgan fingerprint density at radius 3 is 2.27 bits per heavy atom. The van der Waals surface area contributed by atoms with Crippen LogP contribution in [0.4, 0.5) is 0 Å². The molecule has 0 heterocycles. The summed E-state index contributed by atoms with van der Waals surface area (Å²) in [4.78, 5) is 11.6. The molecule has 0 unspecified atom stereocenters. The van der Waals surface area contributed by atoms with Crippen molar-refractivity contribution in [1.82, 2.24) is 0 Å². The molecule has 0 aliphatic heterocycles. The van der Waals surface area contributed by atoms with Gasteiger partial charge in [0, 0.05) is 0 Å². The van der Waals surface area contributed by atoms with E-state index in [0.717, 1.165) is 12.8 Å². The zero-order valence-corrected chi connectivity index (χ0v) is 9.06. The third kappa shape index (κ3) is 3.27. The Morgan fingerprint density at radius 2 is 1.80 bits per heavy atom. The van der Waals surface area contributed by atoms with E-state index in [2.05, 4.69) is 0 Å². The molecule has 0 bridgehead atoms. The van der Waals surface area contributed by atoms with E-state index in [0.29, 0.717) is 5.56 Å². The average Bonchev–Trinajstić information content (AvgIpc) is 2.26. The Hall–Kier alpha value is -1.51. The second-order valence-electron chi connectivity index (χ2n) is 3.39. The Bertz CT molecular complexity index is 312. The number of carbonyl (C=O) groups excluding carboxylic acids is 1. The van der Waals surface area contributed by atoms with Crippen LogP contribution < -0.4 is 0 Å². The summed E-state index contributed by atoms with van der Waals surface area (Å²) in [5, 5.41) is 9.06. The number of phenols is 1. The molecular weight excluding hydrogens is 192 g/mol. The maximum atomic E-state index is 11.6. The lowest BCUT2D eigenvalue weighted by molar-refractivity contribution is 0.0284. The van der Waals surface area contributed by atoms with Gasteiger partial charge in [0.15, 0.2) is 0 Å². The molecule has 0 fully saturated rings. The van der Waals surface area contributed by atoms with Gasteiger partial charge < -0.3 is 9.84 Å². The predicted octanol–water partition coefficient (Wildman–Crippen LogP) is 2.74. The van der Waals surface area contributed by atoms with E-state index in [4.69, 9.17) is 9.84 Å². The van der Waals surface area contributed by atoms with E-state index >= 15 is 0 Å². The largest absolute Gasteiger partial charge is 0.508 e. The smallest absolute Gasteiger partial charge is 0.338 e. The maximum Gasteiger partial charge on any atom is 0.338 e. The molecule has 0 spiro atoms. The summed E-state index contributed by atoms with van der Waals surface area (Å²) in [5.41, 5.74) is 0.472. The van der Waals surface area contributed by atoms with Crippen LogP contribution in [0.3, 0.4) is 0 Å². The molecule has 82 valence electrons. The fourth-order valence-corrected chi connectivity index (χ4v) is 1.27. The Labute approximate surface area is 89.7 Å². The fourth-order valence-electron chi connectivity index (χ4n) is 1.27. The van der Waals surface area contributed by atoms with Gasteiger partial charge >= 0.3 is 5.97 Å². The van der Waals surface area contributed by atoms with Crippen LogP contribution in [0.25, 0.3) is 0 Å². The molecule has 0 saturated heterocycles. The van der Waals surface area contributed by atoms with Crippen LogP contribution >= 0.6 is 0 Å². The maximum absolute atomic E-state index is 11.6. The van der Waals surface area contributed by atoms with E-state index in [9.17, 15) is 4.79 Å². The van der Waals surface area contributed by atoms with Gasteiger partial charge in [-0.1, -0.05) is 13.8 Å².